The number of rotatable bonds is 2. The van der Waals surface area contributed by atoms with E-state index in [1.54, 1.807) is 16.2 Å². The highest BCUT2D eigenvalue weighted by Crippen LogP contribution is 2.28. The Bertz CT molecular complexity index is 435. The lowest BCUT2D eigenvalue weighted by Gasteiger charge is -2.39. The Hall–Kier alpha value is -0.860. The third-order valence-electron chi connectivity index (χ3n) is 5.35. The lowest BCUT2D eigenvalue weighted by molar-refractivity contribution is -0.934. The van der Waals surface area contributed by atoms with Gasteiger partial charge in [0.25, 0.3) is 0 Å². The molecule has 0 bridgehead atoms. The molecular formula is C17H28N2+2. The van der Waals surface area contributed by atoms with Crippen molar-refractivity contribution in [2.75, 3.05) is 20.1 Å². The largest absolute Gasteiger partial charge is 0.328 e. The molecule has 104 valence electrons. The molecule has 0 aliphatic carbocycles. The second-order valence-electron chi connectivity index (χ2n) is 6.77. The van der Waals surface area contributed by atoms with E-state index in [2.05, 4.69) is 45.2 Å². The molecule has 0 saturated carbocycles. The fourth-order valence-corrected chi connectivity index (χ4v) is 4.25. The number of benzene rings is 1. The predicted molar refractivity (Wildman–Crippen MR) is 78.9 cm³/mol. The molecule has 1 aromatic rings. The van der Waals surface area contributed by atoms with Gasteiger partial charge < -0.3 is 9.80 Å². The summed E-state index contributed by atoms with van der Waals surface area (Å²) < 4.78 is 0. The van der Waals surface area contributed by atoms with Crippen LogP contribution in [0.3, 0.4) is 0 Å². The number of nitrogens with one attached hydrogen (secondary N) is 2. The van der Waals surface area contributed by atoms with Gasteiger partial charge in [0.05, 0.1) is 32.1 Å². The second-order valence-corrected chi connectivity index (χ2v) is 6.77. The van der Waals surface area contributed by atoms with Crippen LogP contribution < -0.4 is 9.80 Å². The van der Waals surface area contributed by atoms with Crippen LogP contribution in [0.25, 0.3) is 0 Å². The number of hydrogen-bond acceptors (Lipinski definition) is 0. The highest BCUT2D eigenvalue weighted by atomic mass is 15.2. The van der Waals surface area contributed by atoms with Gasteiger partial charge in [-0.3, -0.25) is 0 Å². The fourth-order valence-electron chi connectivity index (χ4n) is 4.25. The maximum Gasteiger partial charge on any atom is 0.140 e. The quantitative estimate of drug-likeness (QED) is 0.784. The summed E-state index contributed by atoms with van der Waals surface area (Å²) in [5.74, 6) is 0.762. The summed E-state index contributed by atoms with van der Waals surface area (Å²) in [6.07, 6.45) is 4.20. The predicted octanol–water partition coefficient (Wildman–Crippen LogP) is 0.981. The molecule has 1 fully saturated rings. The van der Waals surface area contributed by atoms with Crippen LogP contribution in [-0.4, -0.2) is 26.2 Å². The van der Waals surface area contributed by atoms with Crippen molar-refractivity contribution in [1.82, 2.24) is 0 Å². The summed E-state index contributed by atoms with van der Waals surface area (Å²) >= 11 is 0. The van der Waals surface area contributed by atoms with Crippen molar-refractivity contribution in [3.05, 3.63) is 29.8 Å². The fraction of sp³-hybridized carbons (Fsp3) is 0.647. The first kappa shape index (κ1) is 13.1. The van der Waals surface area contributed by atoms with Gasteiger partial charge in [-0.15, -0.1) is 0 Å². The Labute approximate surface area is 117 Å². The van der Waals surface area contributed by atoms with Gasteiger partial charge in [0.1, 0.15) is 17.8 Å². The van der Waals surface area contributed by atoms with Crippen molar-refractivity contribution >= 4 is 5.69 Å². The molecular weight excluding hydrogens is 232 g/mol. The van der Waals surface area contributed by atoms with Crippen LogP contribution in [0, 0.1) is 5.92 Å². The van der Waals surface area contributed by atoms with Gasteiger partial charge in [-0.25, -0.2) is 0 Å². The van der Waals surface area contributed by atoms with Crippen LogP contribution in [0.4, 0.5) is 5.69 Å². The minimum Gasteiger partial charge on any atom is -0.328 e. The highest BCUT2D eigenvalue weighted by molar-refractivity contribution is 5.42. The number of quaternary nitrogens is 2. The Balaban J connectivity index is 1.97. The van der Waals surface area contributed by atoms with Gasteiger partial charge in [-0.05, 0) is 12.1 Å². The van der Waals surface area contributed by atoms with Crippen molar-refractivity contribution in [1.29, 1.82) is 0 Å². The second kappa shape index (κ2) is 5.26. The summed E-state index contributed by atoms with van der Waals surface area (Å²) in [5.41, 5.74) is 3.17. The molecule has 2 nitrogen and oxygen atoms in total. The first-order valence-corrected chi connectivity index (χ1v) is 7.96. The normalized spacial score (nSPS) is 31.7. The van der Waals surface area contributed by atoms with Gasteiger partial charge in [-0.1, -0.05) is 26.0 Å². The first-order chi connectivity index (χ1) is 9.18. The smallest absolute Gasteiger partial charge is 0.140 e. The third-order valence-corrected chi connectivity index (χ3v) is 5.35. The maximum atomic E-state index is 2.39. The minimum absolute atomic E-state index is 0.745. The molecule has 3 unspecified atom stereocenters. The van der Waals surface area contributed by atoms with Crippen molar-refractivity contribution < 1.29 is 9.80 Å². The van der Waals surface area contributed by atoms with Crippen molar-refractivity contribution in [2.45, 2.75) is 45.2 Å². The van der Waals surface area contributed by atoms with Gasteiger partial charge >= 0.3 is 0 Å². The summed E-state index contributed by atoms with van der Waals surface area (Å²) in [4.78, 5) is 3.46. The van der Waals surface area contributed by atoms with E-state index in [1.165, 1.54) is 32.4 Å². The number of para-hydroxylation sites is 1. The molecule has 2 aliphatic heterocycles. The van der Waals surface area contributed by atoms with Crippen LogP contribution in [0.1, 0.15) is 44.7 Å². The van der Waals surface area contributed by atoms with Gasteiger partial charge in [0.2, 0.25) is 0 Å². The molecule has 2 heterocycles. The summed E-state index contributed by atoms with van der Waals surface area (Å²) in [5, 5.41) is 0. The van der Waals surface area contributed by atoms with Crippen molar-refractivity contribution in [2.24, 2.45) is 5.92 Å². The lowest BCUT2D eigenvalue weighted by Crippen LogP contribution is -3.15. The molecule has 19 heavy (non-hydrogen) atoms. The van der Waals surface area contributed by atoms with Crippen LogP contribution in [0.2, 0.25) is 0 Å². The lowest BCUT2D eigenvalue weighted by atomic mass is 9.85. The number of fused-ring (bicyclic) bond motifs is 1. The van der Waals surface area contributed by atoms with E-state index in [-0.39, 0.29) is 0 Å². The number of likely N-dealkylation sites (tertiary alicyclic amines) is 1. The molecule has 0 spiro atoms. The molecule has 2 heteroatoms. The minimum atomic E-state index is 0.745. The van der Waals surface area contributed by atoms with E-state index in [0.29, 0.717) is 0 Å². The topological polar surface area (TPSA) is 8.88 Å². The van der Waals surface area contributed by atoms with Crippen LogP contribution in [-0.2, 0) is 0 Å². The van der Waals surface area contributed by atoms with E-state index in [0.717, 1.165) is 18.0 Å². The van der Waals surface area contributed by atoms with Crippen molar-refractivity contribution in [3.8, 4) is 0 Å². The molecule has 3 atom stereocenters. The molecule has 1 aromatic carbocycles. The van der Waals surface area contributed by atoms with E-state index in [4.69, 9.17) is 0 Å². The Morgan fingerprint density at radius 1 is 1.11 bits per heavy atom. The van der Waals surface area contributed by atoms with Gasteiger partial charge in [-0.2, -0.15) is 0 Å². The summed E-state index contributed by atoms with van der Waals surface area (Å²) in [7, 11) is 2.36. The van der Waals surface area contributed by atoms with E-state index in [1.807, 2.05) is 4.90 Å². The molecule has 0 aromatic heterocycles. The zero-order valence-corrected chi connectivity index (χ0v) is 12.6. The SMILES string of the molecule is CC(C)C1CC([NH+]2CCCC2)c2ccccc2[NH+]1C. The molecule has 2 N–H and O–H groups in total. The molecule has 0 radical (unpaired) electrons. The van der Waals surface area contributed by atoms with E-state index < -0.39 is 0 Å². The van der Waals surface area contributed by atoms with E-state index in [9.17, 15) is 0 Å². The summed E-state index contributed by atoms with van der Waals surface area (Å²) in [6, 6.07) is 10.7. The Morgan fingerprint density at radius 3 is 2.47 bits per heavy atom. The van der Waals surface area contributed by atoms with Gasteiger partial charge in [0, 0.05) is 18.8 Å². The Kier molecular flexibility index (Phi) is 3.64. The average molecular weight is 260 g/mol. The molecule has 2 aliphatic rings. The van der Waals surface area contributed by atoms with Gasteiger partial charge in [0.15, 0.2) is 0 Å². The zero-order valence-electron chi connectivity index (χ0n) is 12.6. The Morgan fingerprint density at radius 2 is 1.79 bits per heavy atom. The molecule has 1 saturated heterocycles. The van der Waals surface area contributed by atoms with Crippen LogP contribution >= 0.6 is 0 Å². The highest BCUT2D eigenvalue weighted by Gasteiger charge is 2.41. The number of hydrogen-bond donors (Lipinski definition) is 2. The maximum absolute atomic E-state index is 2.39. The average Bonchev–Trinajstić information content (AvgIpc) is 2.93. The molecule has 3 rings (SSSR count). The van der Waals surface area contributed by atoms with E-state index >= 15 is 0 Å². The van der Waals surface area contributed by atoms with Crippen LogP contribution in [0.5, 0.6) is 0 Å². The van der Waals surface area contributed by atoms with Crippen molar-refractivity contribution in [3.63, 3.8) is 0 Å². The van der Waals surface area contributed by atoms with Crippen LogP contribution in [0.15, 0.2) is 24.3 Å². The monoisotopic (exact) mass is 260 g/mol. The first-order valence-electron chi connectivity index (χ1n) is 7.96. The standard InChI is InChI=1S/C17H26N2/c1-13(2)16-12-17(19-10-6-7-11-19)14-8-4-5-9-15(14)18(16)3/h4-5,8-9,13,16-17H,6-7,10-12H2,1-3H3/p+2. The molecule has 0 amide bonds. The third kappa shape index (κ3) is 2.32. The summed E-state index contributed by atoms with van der Waals surface area (Å²) in [6.45, 7) is 7.53. The zero-order chi connectivity index (χ0) is 13.4.